The molecule has 0 atom stereocenters. The molecule has 1 fully saturated rings. The molecule has 0 aromatic heterocycles. The number of carbonyl (C=O) groups excluding carboxylic acids is 2. The molecule has 3 aromatic carbocycles. The topological polar surface area (TPSA) is 61.9 Å². The van der Waals surface area contributed by atoms with Crippen molar-refractivity contribution in [2.24, 2.45) is 0 Å². The van der Waals surface area contributed by atoms with Gasteiger partial charge >= 0.3 is 0 Å². The first-order valence-corrected chi connectivity index (χ1v) is 12.4. The van der Waals surface area contributed by atoms with Crippen LogP contribution >= 0.6 is 0 Å². The van der Waals surface area contributed by atoms with Crippen LogP contribution in [-0.2, 0) is 9.59 Å². The Balaban J connectivity index is 1.24. The lowest BCUT2D eigenvalue weighted by Gasteiger charge is -2.38. The molecule has 0 aliphatic carbocycles. The number of anilines is 2. The molecular formula is C29H31N3O3. The van der Waals surface area contributed by atoms with Crippen LogP contribution in [0.1, 0.15) is 43.2 Å². The van der Waals surface area contributed by atoms with Crippen molar-refractivity contribution in [2.75, 3.05) is 36.4 Å². The van der Waals surface area contributed by atoms with Gasteiger partial charge in [0.05, 0.1) is 5.92 Å². The first kappa shape index (κ1) is 23.0. The van der Waals surface area contributed by atoms with E-state index in [-0.39, 0.29) is 17.7 Å². The Labute approximate surface area is 206 Å². The molecule has 1 saturated heterocycles. The fraction of sp³-hybridized carbons (Fsp3) is 0.310. The van der Waals surface area contributed by atoms with E-state index in [0.717, 1.165) is 59.9 Å². The molecule has 0 spiro atoms. The Morgan fingerprint density at radius 2 is 1.46 bits per heavy atom. The van der Waals surface area contributed by atoms with E-state index in [2.05, 4.69) is 17.1 Å². The zero-order valence-corrected chi connectivity index (χ0v) is 20.1. The maximum absolute atomic E-state index is 13.8. The minimum absolute atomic E-state index is 0.0583. The minimum atomic E-state index is -0.349. The molecule has 0 radical (unpaired) electrons. The molecule has 3 aromatic rings. The van der Waals surface area contributed by atoms with E-state index in [1.54, 1.807) is 0 Å². The number of piperazine rings is 1. The quantitative estimate of drug-likeness (QED) is 0.525. The van der Waals surface area contributed by atoms with Gasteiger partial charge in [-0.1, -0.05) is 49.7 Å². The average Bonchev–Trinajstić information content (AvgIpc) is 2.90. The number of rotatable bonds is 6. The molecule has 1 N–H and O–H groups in total. The smallest absolute Gasteiger partial charge is 0.234 e. The van der Waals surface area contributed by atoms with Gasteiger partial charge < -0.3 is 19.9 Å². The van der Waals surface area contributed by atoms with Crippen LogP contribution in [0.25, 0.3) is 0 Å². The van der Waals surface area contributed by atoms with E-state index >= 15 is 0 Å². The second-order valence-corrected chi connectivity index (χ2v) is 9.12. The third kappa shape index (κ3) is 4.87. The van der Waals surface area contributed by atoms with Crippen LogP contribution in [0.4, 0.5) is 11.4 Å². The second kappa shape index (κ2) is 10.2. The van der Waals surface area contributed by atoms with Crippen LogP contribution in [0, 0.1) is 0 Å². The fourth-order valence-electron chi connectivity index (χ4n) is 4.86. The normalized spacial score (nSPS) is 15.1. The van der Waals surface area contributed by atoms with E-state index in [1.807, 2.05) is 77.7 Å². The molecule has 6 nitrogen and oxygen atoms in total. The Kier molecular flexibility index (Phi) is 6.70. The number of unbranched alkanes of at least 4 members (excludes halogenated alkanes) is 1. The van der Waals surface area contributed by atoms with Crippen molar-refractivity contribution in [3.63, 3.8) is 0 Å². The van der Waals surface area contributed by atoms with Crippen molar-refractivity contribution in [1.82, 2.24) is 4.90 Å². The Bertz CT molecular complexity index is 1150. The number of para-hydroxylation sites is 2. The van der Waals surface area contributed by atoms with Gasteiger partial charge in [0.2, 0.25) is 11.8 Å². The predicted octanol–water partition coefficient (Wildman–Crippen LogP) is 5.40. The van der Waals surface area contributed by atoms with Crippen LogP contribution in [0.15, 0.2) is 72.8 Å². The minimum Gasteiger partial charge on any atom is -0.457 e. The number of carbonyl (C=O) groups is 2. The molecule has 0 unspecified atom stereocenters. The molecule has 2 aliphatic heterocycles. The Morgan fingerprint density at radius 1 is 0.857 bits per heavy atom. The van der Waals surface area contributed by atoms with Crippen molar-refractivity contribution in [2.45, 2.75) is 32.1 Å². The lowest BCUT2D eigenvalue weighted by molar-refractivity contribution is -0.132. The van der Waals surface area contributed by atoms with Gasteiger partial charge in [-0.15, -0.1) is 0 Å². The monoisotopic (exact) mass is 469 g/mol. The van der Waals surface area contributed by atoms with Crippen LogP contribution in [0.5, 0.6) is 11.5 Å². The highest BCUT2D eigenvalue weighted by atomic mass is 16.5. The SMILES string of the molecule is CCCCC(=O)Nc1ccc(N2CCN(C(=O)C3c4ccccc4Oc4ccccc43)CC2)cc1. The van der Waals surface area contributed by atoms with Crippen LogP contribution < -0.4 is 15.0 Å². The maximum atomic E-state index is 13.8. The van der Waals surface area contributed by atoms with Crippen LogP contribution in [0.2, 0.25) is 0 Å². The summed E-state index contributed by atoms with van der Waals surface area (Å²) >= 11 is 0. The number of benzene rings is 3. The van der Waals surface area contributed by atoms with Crippen molar-refractivity contribution >= 4 is 23.2 Å². The third-order valence-corrected chi connectivity index (χ3v) is 6.79. The highest BCUT2D eigenvalue weighted by Crippen LogP contribution is 2.44. The average molecular weight is 470 g/mol. The summed E-state index contributed by atoms with van der Waals surface area (Å²) in [5.74, 6) is 1.34. The van der Waals surface area contributed by atoms with Gasteiger partial charge in [-0.25, -0.2) is 0 Å². The predicted molar refractivity (Wildman–Crippen MR) is 138 cm³/mol. The molecule has 6 heteroatoms. The fourth-order valence-corrected chi connectivity index (χ4v) is 4.86. The first-order valence-electron chi connectivity index (χ1n) is 12.4. The van der Waals surface area contributed by atoms with Crippen molar-refractivity contribution < 1.29 is 14.3 Å². The molecule has 2 heterocycles. The molecule has 2 aliphatic rings. The van der Waals surface area contributed by atoms with Crippen molar-refractivity contribution in [3.8, 4) is 11.5 Å². The summed E-state index contributed by atoms with van der Waals surface area (Å²) in [6.45, 7) is 4.93. The number of hydrogen-bond acceptors (Lipinski definition) is 4. The van der Waals surface area contributed by atoms with Crippen LogP contribution in [0.3, 0.4) is 0 Å². The van der Waals surface area contributed by atoms with Gasteiger partial charge in [-0.2, -0.15) is 0 Å². The number of hydrogen-bond donors (Lipinski definition) is 1. The van der Waals surface area contributed by atoms with Crippen LogP contribution in [-0.4, -0.2) is 42.9 Å². The number of ether oxygens (including phenoxy) is 1. The lowest BCUT2D eigenvalue weighted by atomic mass is 9.86. The van der Waals surface area contributed by atoms with E-state index in [4.69, 9.17) is 4.74 Å². The van der Waals surface area contributed by atoms with Crippen molar-refractivity contribution in [3.05, 3.63) is 83.9 Å². The summed E-state index contributed by atoms with van der Waals surface area (Å²) in [7, 11) is 0. The zero-order valence-electron chi connectivity index (χ0n) is 20.1. The number of amides is 2. The Morgan fingerprint density at radius 3 is 2.06 bits per heavy atom. The number of fused-ring (bicyclic) bond motifs is 2. The first-order chi connectivity index (χ1) is 17.1. The summed E-state index contributed by atoms with van der Waals surface area (Å²) < 4.78 is 6.07. The second-order valence-electron chi connectivity index (χ2n) is 9.12. The van der Waals surface area contributed by atoms with Gasteiger partial charge in [0.15, 0.2) is 0 Å². The maximum Gasteiger partial charge on any atom is 0.234 e. The largest absolute Gasteiger partial charge is 0.457 e. The highest BCUT2D eigenvalue weighted by Gasteiger charge is 2.36. The summed E-state index contributed by atoms with van der Waals surface area (Å²) in [4.78, 5) is 30.0. The zero-order chi connectivity index (χ0) is 24.2. The molecular weight excluding hydrogens is 438 g/mol. The molecule has 35 heavy (non-hydrogen) atoms. The highest BCUT2D eigenvalue weighted by molar-refractivity contribution is 5.91. The number of nitrogens with zero attached hydrogens (tertiary/aromatic N) is 2. The van der Waals surface area contributed by atoms with Gasteiger partial charge in [0.25, 0.3) is 0 Å². The van der Waals surface area contributed by atoms with E-state index in [9.17, 15) is 9.59 Å². The Hall–Kier alpha value is -3.80. The molecule has 2 amide bonds. The van der Waals surface area contributed by atoms with Gasteiger partial charge in [-0.05, 0) is 42.8 Å². The molecule has 5 rings (SSSR count). The molecule has 0 bridgehead atoms. The molecule has 180 valence electrons. The van der Waals surface area contributed by atoms with E-state index in [1.165, 1.54) is 0 Å². The van der Waals surface area contributed by atoms with Gasteiger partial charge in [0.1, 0.15) is 11.5 Å². The van der Waals surface area contributed by atoms with Crippen molar-refractivity contribution in [1.29, 1.82) is 0 Å². The summed E-state index contributed by atoms with van der Waals surface area (Å²) in [5.41, 5.74) is 3.77. The third-order valence-electron chi connectivity index (χ3n) is 6.79. The summed E-state index contributed by atoms with van der Waals surface area (Å²) in [6, 6.07) is 23.6. The van der Waals surface area contributed by atoms with E-state index in [0.29, 0.717) is 19.5 Å². The summed E-state index contributed by atoms with van der Waals surface area (Å²) in [6.07, 6.45) is 2.46. The van der Waals surface area contributed by atoms with E-state index < -0.39 is 0 Å². The lowest BCUT2D eigenvalue weighted by Crippen LogP contribution is -2.50. The molecule has 0 saturated carbocycles. The van der Waals surface area contributed by atoms with Gasteiger partial charge in [0, 0.05) is 55.1 Å². The standard InChI is InChI=1S/C29H31N3O3/c1-2-3-12-27(33)30-21-13-15-22(16-14-21)31-17-19-32(20-18-31)29(34)28-23-8-4-6-10-25(23)35-26-11-7-5-9-24(26)28/h4-11,13-16,28H,2-3,12,17-20H2,1H3,(H,30,33). The summed E-state index contributed by atoms with van der Waals surface area (Å²) in [5, 5.41) is 2.96. The van der Waals surface area contributed by atoms with Gasteiger partial charge in [-0.3, -0.25) is 9.59 Å². The number of nitrogens with one attached hydrogen (secondary N) is 1.